The quantitative estimate of drug-likeness (QED) is 0.716. The maximum absolute atomic E-state index is 12.3. The maximum Gasteiger partial charge on any atom is 0.255 e. The third-order valence-electron chi connectivity index (χ3n) is 3.38. The highest BCUT2D eigenvalue weighted by Crippen LogP contribution is 2.19. The number of benzene rings is 2. The van der Waals surface area contributed by atoms with Crippen molar-refractivity contribution in [3.63, 3.8) is 0 Å². The molecule has 2 aromatic rings. The molecule has 2 amide bonds. The summed E-state index contributed by atoms with van der Waals surface area (Å²) < 4.78 is 1.13. The van der Waals surface area contributed by atoms with Crippen LogP contribution in [0, 0.1) is 16.4 Å². The molecule has 5 heteroatoms. The second kappa shape index (κ2) is 7.59. The van der Waals surface area contributed by atoms with E-state index in [1.54, 1.807) is 24.3 Å². The molecule has 0 aliphatic carbocycles. The van der Waals surface area contributed by atoms with Crippen molar-refractivity contribution in [2.24, 2.45) is 5.92 Å². The molecular formula is C18H19IN2O2. The molecule has 0 fully saturated rings. The average molecular weight is 422 g/mol. The van der Waals surface area contributed by atoms with E-state index in [1.807, 2.05) is 39.0 Å². The largest absolute Gasteiger partial charge is 0.326 e. The summed E-state index contributed by atoms with van der Waals surface area (Å²) in [5.74, 6) is -0.297. The van der Waals surface area contributed by atoms with Crippen LogP contribution in [0.5, 0.6) is 0 Å². The number of halogens is 1. The molecule has 0 unspecified atom stereocenters. The van der Waals surface area contributed by atoms with Crippen LogP contribution in [0.3, 0.4) is 0 Å². The lowest BCUT2D eigenvalue weighted by atomic mass is 10.1. The summed E-state index contributed by atoms with van der Waals surface area (Å²) in [6, 6.07) is 12.7. The third kappa shape index (κ3) is 4.79. The summed E-state index contributed by atoms with van der Waals surface area (Å²) in [5, 5.41) is 5.70. The van der Waals surface area contributed by atoms with Crippen LogP contribution >= 0.6 is 22.6 Å². The number of rotatable bonds is 4. The highest BCUT2D eigenvalue weighted by Gasteiger charge is 2.10. The van der Waals surface area contributed by atoms with Crippen LogP contribution in [0.1, 0.15) is 29.8 Å². The van der Waals surface area contributed by atoms with Crippen molar-refractivity contribution in [1.82, 2.24) is 0 Å². The smallest absolute Gasteiger partial charge is 0.255 e. The fourth-order valence-corrected chi connectivity index (χ4v) is 2.60. The minimum absolute atomic E-state index is 0.0447. The summed E-state index contributed by atoms with van der Waals surface area (Å²) in [7, 11) is 0. The molecule has 0 bridgehead atoms. The first-order valence-corrected chi connectivity index (χ1v) is 8.43. The molecule has 0 aliphatic rings. The van der Waals surface area contributed by atoms with Gasteiger partial charge in [0.25, 0.3) is 5.91 Å². The molecule has 0 aliphatic heterocycles. The number of carbonyl (C=O) groups excluding carboxylic acids is 2. The molecule has 0 spiro atoms. The van der Waals surface area contributed by atoms with Gasteiger partial charge in [0.1, 0.15) is 0 Å². The van der Waals surface area contributed by atoms with E-state index < -0.39 is 0 Å². The van der Waals surface area contributed by atoms with Crippen LogP contribution in [0.4, 0.5) is 11.4 Å². The lowest BCUT2D eigenvalue weighted by molar-refractivity contribution is -0.118. The standard InChI is InChI=1S/C18H19IN2O2/c1-11(2)17(22)20-15-7-4-13(5-8-15)18(23)21-16-9-6-14(19)10-12(16)3/h4-11H,1-3H3,(H,20,22)(H,21,23). The van der Waals surface area contributed by atoms with Crippen molar-refractivity contribution >= 4 is 45.8 Å². The van der Waals surface area contributed by atoms with Crippen molar-refractivity contribution in [3.05, 3.63) is 57.2 Å². The first-order chi connectivity index (χ1) is 10.9. The van der Waals surface area contributed by atoms with Crippen LogP contribution in [-0.4, -0.2) is 11.8 Å². The fraction of sp³-hybridized carbons (Fsp3) is 0.222. The van der Waals surface area contributed by atoms with Gasteiger partial charge in [-0.3, -0.25) is 9.59 Å². The molecule has 0 heterocycles. The number of anilines is 2. The molecular weight excluding hydrogens is 403 g/mol. The lowest BCUT2D eigenvalue weighted by Crippen LogP contribution is -2.18. The van der Waals surface area contributed by atoms with Gasteiger partial charge in [-0.15, -0.1) is 0 Å². The SMILES string of the molecule is Cc1cc(I)ccc1NC(=O)c1ccc(NC(=O)C(C)C)cc1. The third-order valence-corrected chi connectivity index (χ3v) is 4.05. The minimum Gasteiger partial charge on any atom is -0.326 e. The number of hydrogen-bond acceptors (Lipinski definition) is 2. The van der Waals surface area contributed by atoms with Gasteiger partial charge in [0.05, 0.1) is 0 Å². The lowest BCUT2D eigenvalue weighted by Gasteiger charge is -2.10. The Balaban J connectivity index is 2.07. The Kier molecular flexibility index (Phi) is 5.76. The van der Waals surface area contributed by atoms with E-state index in [4.69, 9.17) is 0 Å². The normalized spacial score (nSPS) is 10.5. The Morgan fingerprint density at radius 1 is 1.00 bits per heavy atom. The van der Waals surface area contributed by atoms with Crippen molar-refractivity contribution < 1.29 is 9.59 Å². The van der Waals surface area contributed by atoms with Crippen LogP contribution < -0.4 is 10.6 Å². The van der Waals surface area contributed by atoms with Crippen molar-refractivity contribution in [3.8, 4) is 0 Å². The molecule has 0 radical (unpaired) electrons. The molecule has 120 valence electrons. The van der Waals surface area contributed by atoms with E-state index in [2.05, 4.69) is 33.2 Å². The average Bonchev–Trinajstić information content (AvgIpc) is 2.50. The van der Waals surface area contributed by atoms with E-state index in [1.165, 1.54) is 0 Å². The van der Waals surface area contributed by atoms with Gasteiger partial charge in [-0.1, -0.05) is 13.8 Å². The first kappa shape index (κ1) is 17.5. The number of hydrogen-bond donors (Lipinski definition) is 2. The van der Waals surface area contributed by atoms with E-state index in [9.17, 15) is 9.59 Å². The highest BCUT2D eigenvalue weighted by atomic mass is 127. The molecule has 2 aromatic carbocycles. The van der Waals surface area contributed by atoms with Gasteiger partial charge in [0.2, 0.25) is 5.91 Å². The second-order valence-electron chi connectivity index (χ2n) is 5.63. The summed E-state index contributed by atoms with van der Waals surface area (Å²) >= 11 is 2.24. The Morgan fingerprint density at radius 3 is 2.22 bits per heavy atom. The maximum atomic E-state index is 12.3. The summed E-state index contributed by atoms with van der Waals surface area (Å²) in [6.07, 6.45) is 0. The zero-order valence-electron chi connectivity index (χ0n) is 13.3. The van der Waals surface area contributed by atoms with Crippen LogP contribution in [0.2, 0.25) is 0 Å². The van der Waals surface area contributed by atoms with Crippen molar-refractivity contribution in [1.29, 1.82) is 0 Å². The van der Waals surface area contributed by atoms with E-state index in [0.29, 0.717) is 11.3 Å². The molecule has 4 nitrogen and oxygen atoms in total. The monoisotopic (exact) mass is 422 g/mol. The second-order valence-corrected chi connectivity index (χ2v) is 6.88. The van der Waals surface area contributed by atoms with Crippen LogP contribution in [0.25, 0.3) is 0 Å². The predicted octanol–water partition coefficient (Wildman–Crippen LogP) is 4.45. The molecule has 2 N–H and O–H groups in total. The highest BCUT2D eigenvalue weighted by molar-refractivity contribution is 14.1. The zero-order chi connectivity index (χ0) is 17.0. The number of amides is 2. The van der Waals surface area contributed by atoms with Gasteiger partial charge in [-0.25, -0.2) is 0 Å². The summed E-state index contributed by atoms with van der Waals surface area (Å²) in [6.45, 7) is 5.63. The van der Waals surface area contributed by atoms with Gasteiger partial charge in [0.15, 0.2) is 0 Å². The van der Waals surface area contributed by atoms with Gasteiger partial charge >= 0.3 is 0 Å². The van der Waals surface area contributed by atoms with Crippen LogP contribution in [-0.2, 0) is 4.79 Å². The number of carbonyl (C=O) groups is 2. The Morgan fingerprint density at radius 2 is 1.65 bits per heavy atom. The Bertz CT molecular complexity index is 724. The van der Waals surface area contributed by atoms with Crippen molar-refractivity contribution in [2.75, 3.05) is 10.6 Å². The van der Waals surface area contributed by atoms with Crippen molar-refractivity contribution in [2.45, 2.75) is 20.8 Å². The van der Waals surface area contributed by atoms with E-state index >= 15 is 0 Å². The summed E-state index contributed by atoms with van der Waals surface area (Å²) in [5.41, 5.74) is 3.05. The van der Waals surface area contributed by atoms with E-state index in [-0.39, 0.29) is 17.7 Å². The molecule has 0 saturated carbocycles. The molecule has 0 saturated heterocycles. The van der Waals surface area contributed by atoms with Crippen LogP contribution in [0.15, 0.2) is 42.5 Å². The number of nitrogens with one attached hydrogen (secondary N) is 2. The predicted molar refractivity (Wildman–Crippen MR) is 102 cm³/mol. The summed E-state index contributed by atoms with van der Waals surface area (Å²) in [4.78, 5) is 23.9. The minimum atomic E-state index is -0.170. The molecule has 0 atom stereocenters. The van der Waals surface area contributed by atoms with Gasteiger partial charge < -0.3 is 10.6 Å². The molecule has 23 heavy (non-hydrogen) atoms. The fourth-order valence-electron chi connectivity index (χ4n) is 1.95. The molecule has 0 aromatic heterocycles. The number of aryl methyl sites for hydroxylation is 1. The van der Waals surface area contributed by atoms with E-state index in [0.717, 1.165) is 14.8 Å². The Labute approximate surface area is 149 Å². The van der Waals surface area contributed by atoms with Gasteiger partial charge in [-0.05, 0) is 77.5 Å². The Hall–Kier alpha value is -1.89. The zero-order valence-corrected chi connectivity index (χ0v) is 15.5. The van der Waals surface area contributed by atoms with Gasteiger partial charge in [-0.2, -0.15) is 0 Å². The van der Waals surface area contributed by atoms with Gasteiger partial charge in [0, 0.05) is 26.4 Å². The topological polar surface area (TPSA) is 58.2 Å². The molecule has 2 rings (SSSR count). The first-order valence-electron chi connectivity index (χ1n) is 7.35.